The minimum Gasteiger partial charge on any atom is -0.481 e. The Labute approximate surface area is 115 Å². The molecule has 0 saturated carbocycles. The highest BCUT2D eigenvalue weighted by molar-refractivity contribution is 6.09. The molecule has 3 rings (SSSR count). The quantitative estimate of drug-likeness (QED) is 0.680. The number of aromatic nitrogens is 3. The Morgan fingerprint density at radius 2 is 2.00 bits per heavy atom. The second-order valence-electron chi connectivity index (χ2n) is 4.19. The van der Waals surface area contributed by atoms with Crippen LogP contribution in [-0.2, 0) is 0 Å². The van der Waals surface area contributed by atoms with Gasteiger partial charge in [-0.1, -0.05) is 6.07 Å². The van der Waals surface area contributed by atoms with Crippen molar-refractivity contribution < 1.29 is 9.53 Å². The van der Waals surface area contributed by atoms with Crippen molar-refractivity contribution in [1.82, 2.24) is 15.0 Å². The van der Waals surface area contributed by atoms with Crippen LogP contribution >= 0.6 is 0 Å². The summed E-state index contributed by atoms with van der Waals surface area (Å²) in [5, 5.41) is 0.916. The number of carbonyl (C=O) groups excluding carboxylic acids is 1. The molecule has 0 fully saturated rings. The van der Waals surface area contributed by atoms with Gasteiger partial charge in [-0.3, -0.25) is 9.78 Å². The lowest BCUT2D eigenvalue weighted by Gasteiger charge is -2.03. The zero-order valence-corrected chi connectivity index (χ0v) is 10.8. The number of hydrogen-bond acceptors (Lipinski definition) is 5. The van der Waals surface area contributed by atoms with E-state index in [1.807, 2.05) is 18.2 Å². The van der Waals surface area contributed by atoms with Gasteiger partial charge in [-0.15, -0.1) is 0 Å². The summed E-state index contributed by atoms with van der Waals surface area (Å²) in [4.78, 5) is 24.5. The largest absolute Gasteiger partial charge is 0.481 e. The normalized spacial score (nSPS) is 10.4. The van der Waals surface area contributed by atoms with Crippen molar-refractivity contribution in [3.05, 3.63) is 60.2 Å². The molecule has 2 aromatic heterocycles. The van der Waals surface area contributed by atoms with Gasteiger partial charge in [0.1, 0.15) is 12.0 Å². The summed E-state index contributed by atoms with van der Waals surface area (Å²) < 4.78 is 5.00. The van der Waals surface area contributed by atoms with Crippen LogP contribution in [-0.4, -0.2) is 27.8 Å². The third kappa shape index (κ3) is 2.21. The smallest absolute Gasteiger partial charge is 0.216 e. The summed E-state index contributed by atoms with van der Waals surface area (Å²) >= 11 is 0. The Balaban J connectivity index is 2.03. The summed E-state index contributed by atoms with van der Waals surface area (Å²) in [6, 6.07) is 10.6. The van der Waals surface area contributed by atoms with Crippen LogP contribution in [0.5, 0.6) is 5.88 Å². The predicted molar refractivity (Wildman–Crippen MR) is 73.8 cm³/mol. The van der Waals surface area contributed by atoms with Crippen LogP contribution in [0.4, 0.5) is 0 Å². The SMILES string of the molecule is COc1cc(C(=O)c2ccc3ncccc3c2)ncn1. The first kappa shape index (κ1) is 12.2. The number of carbonyl (C=O) groups is 1. The third-order valence-corrected chi connectivity index (χ3v) is 2.95. The Hall–Kier alpha value is -2.82. The van der Waals surface area contributed by atoms with Crippen molar-refractivity contribution in [2.45, 2.75) is 0 Å². The van der Waals surface area contributed by atoms with E-state index in [2.05, 4.69) is 15.0 Å². The molecule has 2 heterocycles. The number of ketones is 1. The van der Waals surface area contributed by atoms with E-state index >= 15 is 0 Å². The van der Waals surface area contributed by atoms with Crippen LogP contribution in [0.15, 0.2) is 48.9 Å². The van der Waals surface area contributed by atoms with E-state index in [-0.39, 0.29) is 5.78 Å². The lowest BCUT2D eigenvalue weighted by molar-refractivity contribution is 0.103. The van der Waals surface area contributed by atoms with Crippen molar-refractivity contribution in [1.29, 1.82) is 0 Å². The minimum absolute atomic E-state index is 0.170. The number of benzene rings is 1. The van der Waals surface area contributed by atoms with Crippen molar-refractivity contribution in [2.24, 2.45) is 0 Å². The number of methoxy groups -OCH3 is 1. The van der Waals surface area contributed by atoms with Gasteiger partial charge in [0.25, 0.3) is 0 Å². The van der Waals surface area contributed by atoms with Crippen LogP contribution in [0.2, 0.25) is 0 Å². The van der Waals surface area contributed by atoms with Gasteiger partial charge in [0.15, 0.2) is 0 Å². The minimum atomic E-state index is -0.170. The molecule has 0 aliphatic rings. The first-order chi connectivity index (χ1) is 9.78. The second-order valence-corrected chi connectivity index (χ2v) is 4.19. The van der Waals surface area contributed by atoms with Crippen molar-refractivity contribution in [3.8, 4) is 5.88 Å². The first-order valence-electron chi connectivity index (χ1n) is 6.03. The van der Waals surface area contributed by atoms with Crippen LogP contribution in [0.1, 0.15) is 16.1 Å². The fourth-order valence-corrected chi connectivity index (χ4v) is 1.94. The first-order valence-corrected chi connectivity index (χ1v) is 6.03. The average Bonchev–Trinajstić information content (AvgIpc) is 2.53. The number of pyridine rings is 1. The number of ether oxygens (including phenoxy) is 1. The molecule has 3 aromatic rings. The highest BCUT2D eigenvalue weighted by atomic mass is 16.5. The van der Waals surface area contributed by atoms with Gasteiger partial charge in [-0.2, -0.15) is 0 Å². The second kappa shape index (κ2) is 5.05. The Kier molecular flexibility index (Phi) is 3.09. The number of fused-ring (bicyclic) bond motifs is 1. The summed E-state index contributed by atoms with van der Waals surface area (Å²) in [6.45, 7) is 0. The summed E-state index contributed by atoms with van der Waals surface area (Å²) in [5.74, 6) is 0.197. The molecule has 0 radical (unpaired) electrons. The van der Waals surface area contributed by atoms with Crippen LogP contribution < -0.4 is 4.74 Å². The summed E-state index contributed by atoms with van der Waals surface area (Å²) in [7, 11) is 1.50. The molecule has 0 N–H and O–H groups in total. The molecule has 5 heteroatoms. The Bertz CT molecular complexity index is 787. The Morgan fingerprint density at radius 3 is 2.85 bits per heavy atom. The Morgan fingerprint density at radius 1 is 1.10 bits per heavy atom. The lowest BCUT2D eigenvalue weighted by atomic mass is 10.1. The molecule has 0 atom stereocenters. The zero-order chi connectivity index (χ0) is 13.9. The van der Waals surface area contributed by atoms with Gasteiger partial charge in [0.2, 0.25) is 11.7 Å². The third-order valence-electron chi connectivity index (χ3n) is 2.95. The average molecular weight is 265 g/mol. The standard InChI is InChI=1S/C15H11N3O2/c1-20-14-8-13(17-9-18-14)15(19)11-4-5-12-10(7-11)3-2-6-16-12/h2-9H,1H3. The molecule has 0 saturated heterocycles. The molecule has 0 unspecified atom stereocenters. The molecule has 0 aliphatic carbocycles. The van der Waals surface area contributed by atoms with Crippen molar-refractivity contribution in [2.75, 3.05) is 7.11 Å². The molecule has 0 bridgehead atoms. The van der Waals surface area contributed by atoms with Crippen molar-refractivity contribution in [3.63, 3.8) is 0 Å². The highest BCUT2D eigenvalue weighted by Crippen LogP contribution is 2.17. The van der Waals surface area contributed by atoms with E-state index in [4.69, 9.17) is 4.74 Å². The molecule has 20 heavy (non-hydrogen) atoms. The predicted octanol–water partition coefficient (Wildman–Crippen LogP) is 2.26. The van der Waals surface area contributed by atoms with Gasteiger partial charge in [0, 0.05) is 23.2 Å². The maximum absolute atomic E-state index is 12.4. The fourth-order valence-electron chi connectivity index (χ4n) is 1.94. The van der Waals surface area contributed by atoms with E-state index in [0.717, 1.165) is 10.9 Å². The molecule has 0 aliphatic heterocycles. The topological polar surface area (TPSA) is 65.0 Å². The molecular weight excluding hydrogens is 254 g/mol. The maximum Gasteiger partial charge on any atom is 0.216 e. The van der Waals surface area contributed by atoms with Crippen LogP contribution in [0.3, 0.4) is 0 Å². The summed E-state index contributed by atoms with van der Waals surface area (Å²) in [6.07, 6.45) is 3.04. The van der Waals surface area contributed by atoms with Gasteiger partial charge >= 0.3 is 0 Å². The van der Waals surface area contributed by atoms with Gasteiger partial charge < -0.3 is 4.74 Å². The summed E-state index contributed by atoms with van der Waals surface area (Å²) in [5.41, 5.74) is 1.72. The maximum atomic E-state index is 12.4. The lowest BCUT2D eigenvalue weighted by Crippen LogP contribution is -2.05. The number of hydrogen-bond donors (Lipinski definition) is 0. The van der Waals surface area contributed by atoms with Gasteiger partial charge in [-0.05, 0) is 24.3 Å². The van der Waals surface area contributed by atoms with E-state index in [9.17, 15) is 4.79 Å². The highest BCUT2D eigenvalue weighted by Gasteiger charge is 2.12. The van der Waals surface area contributed by atoms with Gasteiger partial charge in [-0.25, -0.2) is 9.97 Å². The number of rotatable bonds is 3. The number of nitrogens with zero attached hydrogens (tertiary/aromatic N) is 3. The van der Waals surface area contributed by atoms with E-state index in [0.29, 0.717) is 17.1 Å². The molecule has 0 spiro atoms. The molecule has 98 valence electrons. The molecule has 0 amide bonds. The van der Waals surface area contributed by atoms with Gasteiger partial charge in [0.05, 0.1) is 12.6 Å². The van der Waals surface area contributed by atoms with Crippen LogP contribution in [0.25, 0.3) is 10.9 Å². The van der Waals surface area contributed by atoms with E-state index in [1.54, 1.807) is 18.3 Å². The molecule has 1 aromatic carbocycles. The molecule has 5 nitrogen and oxygen atoms in total. The van der Waals surface area contributed by atoms with E-state index in [1.165, 1.54) is 19.5 Å². The van der Waals surface area contributed by atoms with E-state index < -0.39 is 0 Å². The fraction of sp³-hybridized carbons (Fsp3) is 0.0667. The van der Waals surface area contributed by atoms with Crippen LogP contribution in [0, 0.1) is 0 Å². The van der Waals surface area contributed by atoms with Crippen molar-refractivity contribution >= 4 is 16.7 Å². The monoisotopic (exact) mass is 265 g/mol. The molecular formula is C15H11N3O2. The zero-order valence-electron chi connectivity index (χ0n) is 10.8.